The van der Waals surface area contributed by atoms with Crippen LogP contribution in [0.3, 0.4) is 0 Å². The van der Waals surface area contributed by atoms with Gasteiger partial charge in [-0.1, -0.05) is 12.1 Å². The van der Waals surface area contributed by atoms with Crippen molar-refractivity contribution in [2.75, 3.05) is 17.6 Å². The van der Waals surface area contributed by atoms with E-state index in [0.717, 1.165) is 23.4 Å². The van der Waals surface area contributed by atoms with Gasteiger partial charge in [-0.25, -0.2) is 18.5 Å². The maximum absolute atomic E-state index is 11.1. The van der Waals surface area contributed by atoms with Crippen LogP contribution in [0.4, 0.5) is 11.5 Å². The van der Waals surface area contributed by atoms with Crippen LogP contribution in [0.2, 0.25) is 0 Å². The van der Waals surface area contributed by atoms with Gasteiger partial charge in [-0.3, -0.25) is 0 Å². The van der Waals surface area contributed by atoms with Crippen LogP contribution in [0.15, 0.2) is 41.4 Å². The zero-order chi connectivity index (χ0) is 15.5. The van der Waals surface area contributed by atoms with Crippen LogP contribution in [0.1, 0.15) is 11.1 Å². The van der Waals surface area contributed by atoms with Crippen molar-refractivity contribution in [1.29, 1.82) is 0 Å². The Morgan fingerprint density at radius 1 is 1.24 bits per heavy atom. The summed E-state index contributed by atoms with van der Waals surface area (Å²) < 4.78 is 22.3. The van der Waals surface area contributed by atoms with E-state index in [4.69, 9.17) is 10.9 Å². The Kier molecular flexibility index (Phi) is 4.44. The van der Waals surface area contributed by atoms with E-state index < -0.39 is 10.0 Å². The molecule has 0 unspecified atom stereocenters. The minimum Gasteiger partial charge on any atom is -0.397 e. The molecule has 0 bridgehead atoms. The maximum atomic E-state index is 11.1. The number of aromatic nitrogens is 1. The van der Waals surface area contributed by atoms with Gasteiger partial charge in [-0.05, 0) is 42.7 Å². The fourth-order valence-corrected chi connectivity index (χ4v) is 2.36. The van der Waals surface area contributed by atoms with Crippen LogP contribution in [0, 0.1) is 6.92 Å². The average molecular weight is 306 g/mol. The summed E-state index contributed by atoms with van der Waals surface area (Å²) in [5.74, 6) is 0.767. The summed E-state index contributed by atoms with van der Waals surface area (Å²) in [6.45, 7) is 2.61. The molecule has 0 spiro atoms. The molecule has 0 amide bonds. The monoisotopic (exact) mass is 306 g/mol. The Labute approximate surface area is 124 Å². The summed E-state index contributed by atoms with van der Waals surface area (Å²) in [7, 11) is -3.63. The molecule has 0 aliphatic carbocycles. The Balaban J connectivity index is 1.93. The number of hydrogen-bond donors (Lipinski definition) is 3. The molecule has 0 fully saturated rings. The molecular weight excluding hydrogens is 288 g/mol. The van der Waals surface area contributed by atoms with Gasteiger partial charge in [-0.2, -0.15) is 0 Å². The second kappa shape index (κ2) is 6.11. The molecule has 112 valence electrons. The van der Waals surface area contributed by atoms with Crippen molar-refractivity contribution in [3.8, 4) is 0 Å². The molecule has 1 aromatic heterocycles. The topological polar surface area (TPSA) is 111 Å². The number of nitrogens with one attached hydrogen (secondary N) is 1. The highest BCUT2D eigenvalue weighted by Crippen LogP contribution is 2.13. The third-order valence-electron chi connectivity index (χ3n) is 3.12. The standard InChI is InChI=1S/C14H18N4O2S/c1-10-8-14(18-9-13(10)15)17-7-6-11-2-4-12(5-3-11)21(16,19)20/h2-5,8-9H,6-7,15H2,1H3,(H,17,18)(H2,16,19,20). The summed E-state index contributed by atoms with van der Waals surface area (Å²) in [6.07, 6.45) is 2.37. The van der Waals surface area contributed by atoms with Crippen LogP contribution < -0.4 is 16.2 Å². The lowest BCUT2D eigenvalue weighted by Gasteiger charge is -2.08. The fraction of sp³-hybridized carbons (Fsp3) is 0.214. The predicted molar refractivity (Wildman–Crippen MR) is 83.4 cm³/mol. The lowest BCUT2D eigenvalue weighted by atomic mass is 10.1. The quantitative estimate of drug-likeness (QED) is 0.770. The van der Waals surface area contributed by atoms with Gasteiger partial charge in [0.15, 0.2) is 0 Å². The van der Waals surface area contributed by atoms with Gasteiger partial charge in [0.25, 0.3) is 0 Å². The molecule has 5 N–H and O–H groups in total. The first-order chi connectivity index (χ1) is 9.86. The van der Waals surface area contributed by atoms with E-state index >= 15 is 0 Å². The zero-order valence-corrected chi connectivity index (χ0v) is 12.5. The highest BCUT2D eigenvalue weighted by molar-refractivity contribution is 7.89. The number of nitrogens with zero attached hydrogens (tertiary/aromatic N) is 1. The SMILES string of the molecule is Cc1cc(NCCc2ccc(S(N)(=O)=O)cc2)ncc1N. The Morgan fingerprint density at radius 2 is 1.90 bits per heavy atom. The van der Waals surface area contributed by atoms with Gasteiger partial charge in [0.1, 0.15) is 5.82 Å². The van der Waals surface area contributed by atoms with Crippen molar-refractivity contribution in [3.05, 3.63) is 47.7 Å². The third kappa shape index (κ3) is 4.17. The number of benzene rings is 1. The van der Waals surface area contributed by atoms with Crippen LogP contribution in [-0.4, -0.2) is 19.9 Å². The summed E-state index contributed by atoms with van der Waals surface area (Å²) in [4.78, 5) is 4.31. The van der Waals surface area contributed by atoms with E-state index in [0.29, 0.717) is 12.2 Å². The summed E-state index contributed by atoms with van der Waals surface area (Å²) in [5, 5.41) is 8.25. The first kappa shape index (κ1) is 15.3. The third-order valence-corrected chi connectivity index (χ3v) is 4.05. The van der Waals surface area contributed by atoms with E-state index in [1.165, 1.54) is 12.1 Å². The Morgan fingerprint density at radius 3 is 2.48 bits per heavy atom. The van der Waals surface area contributed by atoms with Gasteiger partial charge in [-0.15, -0.1) is 0 Å². The predicted octanol–water partition coefficient (Wildman–Crippen LogP) is 1.27. The van der Waals surface area contributed by atoms with E-state index in [9.17, 15) is 8.42 Å². The number of hydrogen-bond acceptors (Lipinski definition) is 5. The van der Waals surface area contributed by atoms with Crippen molar-refractivity contribution >= 4 is 21.5 Å². The van der Waals surface area contributed by atoms with Crippen molar-refractivity contribution in [2.45, 2.75) is 18.2 Å². The molecule has 6 nitrogen and oxygen atoms in total. The Hall–Kier alpha value is -2.12. The molecule has 0 radical (unpaired) electrons. The first-order valence-corrected chi connectivity index (χ1v) is 7.98. The second-order valence-corrected chi connectivity index (χ2v) is 6.35. The maximum Gasteiger partial charge on any atom is 0.238 e. The number of rotatable bonds is 5. The molecule has 2 rings (SSSR count). The largest absolute Gasteiger partial charge is 0.397 e. The summed E-state index contributed by atoms with van der Waals surface area (Å²) >= 11 is 0. The van der Waals surface area contributed by atoms with Crippen molar-refractivity contribution in [1.82, 2.24) is 4.98 Å². The molecule has 0 saturated heterocycles. The van der Waals surface area contributed by atoms with Gasteiger partial charge < -0.3 is 11.1 Å². The van der Waals surface area contributed by atoms with E-state index in [1.54, 1.807) is 18.3 Å². The number of anilines is 2. The number of nitrogen functional groups attached to an aromatic ring is 1. The minimum atomic E-state index is -3.63. The lowest BCUT2D eigenvalue weighted by Crippen LogP contribution is -2.12. The van der Waals surface area contributed by atoms with Crippen molar-refractivity contribution in [3.63, 3.8) is 0 Å². The molecule has 0 aliphatic heterocycles. The van der Waals surface area contributed by atoms with Gasteiger partial charge in [0, 0.05) is 6.54 Å². The van der Waals surface area contributed by atoms with Crippen molar-refractivity contribution in [2.24, 2.45) is 5.14 Å². The highest BCUT2D eigenvalue weighted by Gasteiger charge is 2.06. The molecule has 2 aromatic rings. The van der Waals surface area contributed by atoms with Gasteiger partial charge in [0.2, 0.25) is 10.0 Å². The lowest BCUT2D eigenvalue weighted by molar-refractivity contribution is 0.598. The van der Waals surface area contributed by atoms with E-state index in [2.05, 4.69) is 10.3 Å². The smallest absolute Gasteiger partial charge is 0.238 e. The number of pyridine rings is 1. The first-order valence-electron chi connectivity index (χ1n) is 6.44. The van der Waals surface area contributed by atoms with Crippen LogP contribution in [0.5, 0.6) is 0 Å². The highest BCUT2D eigenvalue weighted by atomic mass is 32.2. The van der Waals surface area contributed by atoms with Crippen LogP contribution in [-0.2, 0) is 16.4 Å². The van der Waals surface area contributed by atoms with E-state index in [1.807, 2.05) is 13.0 Å². The number of sulfonamides is 1. The minimum absolute atomic E-state index is 0.120. The van der Waals surface area contributed by atoms with E-state index in [-0.39, 0.29) is 4.90 Å². The molecule has 21 heavy (non-hydrogen) atoms. The fourth-order valence-electron chi connectivity index (χ4n) is 1.84. The van der Waals surface area contributed by atoms with Crippen LogP contribution >= 0.6 is 0 Å². The normalized spacial score (nSPS) is 11.3. The molecule has 1 heterocycles. The Bertz CT molecular complexity index is 727. The van der Waals surface area contributed by atoms with Gasteiger partial charge >= 0.3 is 0 Å². The second-order valence-electron chi connectivity index (χ2n) is 4.79. The number of primary sulfonamides is 1. The molecule has 0 saturated carbocycles. The summed E-state index contributed by atoms with van der Waals surface area (Å²) in [5.41, 5.74) is 8.37. The number of nitrogens with two attached hydrogens (primary N) is 2. The average Bonchev–Trinajstić information content (AvgIpc) is 2.42. The van der Waals surface area contributed by atoms with Crippen LogP contribution in [0.25, 0.3) is 0 Å². The zero-order valence-electron chi connectivity index (χ0n) is 11.7. The molecule has 0 atom stereocenters. The number of aryl methyl sites for hydroxylation is 1. The molecule has 1 aromatic carbocycles. The molecule has 7 heteroatoms. The molecular formula is C14H18N4O2S. The summed E-state index contributed by atoms with van der Waals surface area (Å²) in [6, 6.07) is 8.41. The van der Waals surface area contributed by atoms with Crippen molar-refractivity contribution < 1.29 is 8.42 Å². The van der Waals surface area contributed by atoms with Gasteiger partial charge in [0.05, 0.1) is 16.8 Å². The molecule has 0 aliphatic rings.